The van der Waals surface area contributed by atoms with Gasteiger partial charge in [-0.3, -0.25) is 4.79 Å². The summed E-state index contributed by atoms with van der Waals surface area (Å²) in [6.07, 6.45) is 2.99. The fourth-order valence-electron chi connectivity index (χ4n) is 1.63. The Balaban J connectivity index is 2.89. The maximum atomic E-state index is 11.6. The van der Waals surface area contributed by atoms with E-state index in [0.717, 1.165) is 0 Å². The van der Waals surface area contributed by atoms with Crippen molar-refractivity contribution < 1.29 is 19.4 Å². The van der Waals surface area contributed by atoms with Crippen LogP contribution in [0.1, 0.15) is 19.4 Å². The van der Waals surface area contributed by atoms with E-state index < -0.39 is 0 Å². The number of amides is 1. The SMILES string of the molecule is CCOc1c(Cl)cc(/C=C/C(=O)NC(C)CO)cc1OC. The number of aliphatic hydroxyl groups excluding tert-OH is 1. The van der Waals surface area contributed by atoms with Crippen LogP contribution < -0.4 is 14.8 Å². The molecule has 1 aromatic carbocycles. The maximum Gasteiger partial charge on any atom is 0.244 e. The topological polar surface area (TPSA) is 67.8 Å². The summed E-state index contributed by atoms with van der Waals surface area (Å²) in [5.41, 5.74) is 0.715. The van der Waals surface area contributed by atoms with Gasteiger partial charge < -0.3 is 19.9 Å². The second kappa shape index (κ2) is 8.54. The molecule has 1 atom stereocenters. The molecule has 0 saturated heterocycles. The van der Waals surface area contributed by atoms with Crippen molar-refractivity contribution in [2.75, 3.05) is 20.3 Å². The lowest BCUT2D eigenvalue weighted by atomic mass is 10.2. The summed E-state index contributed by atoms with van der Waals surface area (Å²) in [7, 11) is 1.53. The number of carbonyl (C=O) groups is 1. The summed E-state index contributed by atoms with van der Waals surface area (Å²) in [5.74, 6) is 0.700. The van der Waals surface area contributed by atoms with Crippen molar-refractivity contribution in [3.8, 4) is 11.5 Å². The third-order valence-corrected chi connectivity index (χ3v) is 2.91. The van der Waals surface area contributed by atoms with Gasteiger partial charge >= 0.3 is 0 Å². The van der Waals surface area contributed by atoms with Crippen LogP contribution in [0.2, 0.25) is 5.02 Å². The number of hydrogen-bond donors (Lipinski definition) is 2. The highest BCUT2D eigenvalue weighted by Gasteiger charge is 2.10. The summed E-state index contributed by atoms with van der Waals surface area (Å²) in [6, 6.07) is 3.13. The fraction of sp³-hybridized carbons (Fsp3) is 0.400. The first-order valence-electron chi connectivity index (χ1n) is 6.61. The molecular weight excluding hydrogens is 294 g/mol. The van der Waals surface area contributed by atoms with Crippen LogP contribution >= 0.6 is 11.6 Å². The molecule has 0 aliphatic carbocycles. The van der Waals surface area contributed by atoms with E-state index in [9.17, 15) is 4.79 Å². The molecule has 0 aliphatic rings. The number of benzene rings is 1. The molecule has 21 heavy (non-hydrogen) atoms. The van der Waals surface area contributed by atoms with Crippen LogP contribution in [0.4, 0.5) is 0 Å². The molecule has 0 heterocycles. The summed E-state index contributed by atoms with van der Waals surface area (Å²) in [4.78, 5) is 11.6. The molecule has 0 saturated carbocycles. The lowest BCUT2D eigenvalue weighted by Crippen LogP contribution is -2.33. The highest BCUT2D eigenvalue weighted by atomic mass is 35.5. The minimum absolute atomic E-state index is 0.109. The molecule has 0 fully saturated rings. The maximum absolute atomic E-state index is 11.6. The Morgan fingerprint density at radius 2 is 2.24 bits per heavy atom. The molecule has 0 aliphatic heterocycles. The molecule has 0 spiro atoms. The number of rotatable bonds is 7. The van der Waals surface area contributed by atoms with E-state index in [1.807, 2.05) is 6.92 Å². The van der Waals surface area contributed by atoms with Gasteiger partial charge in [-0.25, -0.2) is 0 Å². The Morgan fingerprint density at radius 1 is 1.52 bits per heavy atom. The summed E-state index contributed by atoms with van der Waals surface area (Å²) < 4.78 is 10.6. The van der Waals surface area contributed by atoms with Crippen molar-refractivity contribution in [3.05, 3.63) is 28.8 Å². The molecule has 1 aromatic rings. The van der Waals surface area contributed by atoms with E-state index in [0.29, 0.717) is 28.7 Å². The summed E-state index contributed by atoms with van der Waals surface area (Å²) in [6.45, 7) is 3.94. The normalized spacial score (nSPS) is 12.2. The van der Waals surface area contributed by atoms with Crippen LogP contribution in [-0.2, 0) is 4.79 Å². The quantitative estimate of drug-likeness (QED) is 0.758. The third kappa shape index (κ3) is 5.28. The number of nitrogens with one attached hydrogen (secondary N) is 1. The first-order chi connectivity index (χ1) is 10.0. The molecule has 2 N–H and O–H groups in total. The molecular formula is C15H20ClNO4. The van der Waals surface area contributed by atoms with E-state index in [2.05, 4.69) is 5.32 Å². The lowest BCUT2D eigenvalue weighted by Gasteiger charge is -2.12. The van der Waals surface area contributed by atoms with Gasteiger partial charge in [-0.2, -0.15) is 0 Å². The molecule has 1 amide bonds. The Morgan fingerprint density at radius 3 is 2.81 bits per heavy atom. The fourth-order valence-corrected chi connectivity index (χ4v) is 1.90. The van der Waals surface area contributed by atoms with E-state index in [1.54, 1.807) is 25.1 Å². The van der Waals surface area contributed by atoms with Gasteiger partial charge in [0.15, 0.2) is 11.5 Å². The van der Waals surface area contributed by atoms with Crippen molar-refractivity contribution in [3.63, 3.8) is 0 Å². The second-order valence-electron chi connectivity index (χ2n) is 4.39. The van der Waals surface area contributed by atoms with Crippen LogP contribution in [-0.4, -0.2) is 37.4 Å². The van der Waals surface area contributed by atoms with Gasteiger partial charge in [0.25, 0.3) is 0 Å². The van der Waals surface area contributed by atoms with Crippen molar-refractivity contribution >= 4 is 23.6 Å². The van der Waals surface area contributed by atoms with Crippen LogP contribution in [0, 0.1) is 0 Å². The summed E-state index contributed by atoms with van der Waals surface area (Å²) >= 11 is 6.14. The molecule has 6 heteroatoms. The van der Waals surface area contributed by atoms with Crippen LogP contribution in [0.5, 0.6) is 11.5 Å². The van der Waals surface area contributed by atoms with Crippen molar-refractivity contribution in [1.29, 1.82) is 0 Å². The van der Waals surface area contributed by atoms with Crippen LogP contribution in [0.25, 0.3) is 6.08 Å². The molecule has 0 aromatic heterocycles. The predicted molar refractivity (Wildman–Crippen MR) is 82.9 cm³/mol. The van der Waals surface area contributed by atoms with E-state index >= 15 is 0 Å². The zero-order chi connectivity index (χ0) is 15.8. The van der Waals surface area contributed by atoms with Gasteiger partial charge in [0.2, 0.25) is 5.91 Å². The van der Waals surface area contributed by atoms with Gasteiger partial charge in [0, 0.05) is 12.1 Å². The number of carbonyl (C=O) groups excluding carboxylic acids is 1. The van der Waals surface area contributed by atoms with Crippen molar-refractivity contribution in [2.24, 2.45) is 0 Å². The number of methoxy groups -OCH3 is 1. The number of hydrogen-bond acceptors (Lipinski definition) is 4. The average Bonchev–Trinajstić information content (AvgIpc) is 2.47. The molecule has 116 valence electrons. The highest BCUT2D eigenvalue weighted by Crippen LogP contribution is 2.36. The van der Waals surface area contributed by atoms with Gasteiger partial charge in [0.05, 0.1) is 25.3 Å². The van der Waals surface area contributed by atoms with Gasteiger partial charge in [-0.1, -0.05) is 11.6 Å². The van der Waals surface area contributed by atoms with Crippen LogP contribution in [0.15, 0.2) is 18.2 Å². The van der Waals surface area contributed by atoms with Gasteiger partial charge in [-0.05, 0) is 37.6 Å². The highest BCUT2D eigenvalue weighted by molar-refractivity contribution is 6.32. The lowest BCUT2D eigenvalue weighted by molar-refractivity contribution is -0.117. The smallest absolute Gasteiger partial charge is 0.244 e. The van der Waals surface area contributed by atoms with Gasteiger partial charge in [0.1, 0.15) is 0 Å². The largest absolute Gasteiger partial charge is 0.493 e. The van der Waals surface area contributed by atoms with E-state index in [1.165, 1.54) is 13.2 Å². The molecule has 5 nitrogen and oxygen atoms in total. The Labute approximate surface area is 129 Å². The molecule has 0 radical (unpaired) electrons. The predicted octanol–water partition coefficient (Wildman–Crippen LogP) is 2.26. The van der Waals surface area contributed by atoms with E-state index in [-0.39, 0.29) is 18.6 Å². The minimum Gasteiger partial charge on any atom is -0.493 e. The average molecular weight is 314 g/mol. The number of ether oxygens (including phenoxy) is 2. The monoisotopic (exact) mass is 313 g/mol. The first-order valence-corrected chi connectivity index (χ1v) is 6.99. The third-order valence-electron chi connectivity index (χ3n) is 2.63. The van der Waals surface area contributed by atoms with Gasteiger partial charge in [-0.15, -0.1) is 0 Å². The number of aliphatic hydroxyl groups is 1. The molecule has 1 rings (SSSR count). The van der Waals surface area contributed by atoms with Crippen molar-refractivity contribution in [2.45, 2.75) is 19.9 Å². The molecule has 1 unspecified atom stereocenters. The standard InChI is InChI=1S/C15H20ClNO4/c1-4-21-15-12(16)7-11(8-13(15)20-3)5-6-14(19)17-10(2)9-18/h5-8,10,18H,4,9H2,1-3H3,(H,17,19)/b6-5+. The second-order valence-corrected chi connectivity index (χ2v) is 4.80. The zero-order valence-corrected chi connectivity index (χ0v) is 13.1. The Hall–Kier alpha value is -1.72. The van der Waals surface area contributed by atoms with E-state index in [4.69, 9.17) is 26.2 Å². The number of halogens is 1. The van der Waals surface area contributed by atoms with Crippen LogP contribution in [0.3, 0.4) is 0 Å². The first kappa shape index (κ1) is 17.3. The summed E-state index contributed by atoms with van der Waals surface area (Å²) in [5, 5.41) is 11.9. The Bertz CT molecular complexity index is 517. The minimum atomic E-state index is -0.291. The molecule has 0 bridgehead atoms. The van der Waals surface area contributed by atoms with Crippen molar-refractivity contribution in [1.82, 2.24) is 5.32 Å². The zero-order valence-electron chi connectivity index (χ0n) is 12.4. The Kier molecular flexibility index (Phi) is 7.05.